The molecule has 0 aliphatic heterocycles. The Balaban J connectivity index is 4.21. The first kappa shape index (κ1) is 73.1. The minimum atomic E-state index is -0.778. The third-order valence-corrected chi connectivity index (χ3v) is 14.7. The van der Waals surface area contributed by atoms with Crippen molar-refractivity contribution in [2.75, 3.05) is 13.2 Å². The summed E-state index contributed by atoms with van der Waals surface area (Å²) >= 11 is 0. The standard InChI is InChI=1S/C70H126O6/c1-4-7-10-13-16-19-22-25-27-29-30-31-32-33-34-35-36-37-38-39-40-41-43-45-48-51-54-57-60-63-69(72)75-66-67(65-74-68(71)62-59-56-53-50-47-44-24-21-18-15-12-9-6-3)76-70(73)64-61-58-55-52-49-46-42-28-26-23-20-17-14-11-8-5-2/h12,15,21-22,24-25,29-30,32-33,67H,4-11,13-14,16-20,23,26-28,31,34-66H2,1-3H3/b15-12-,24-21-,25-22-,30-29-,33-32-. The van der Waals surface area contributed by atoms with Crippen molar-refractivity contribution in [1.82, 2.24) is 0 Å². The maximum atomic E-state index is 12.9. The maximum Gasteiger partial charge on any atom is 0.306 e. The number of hydrogen-bond acceptors (Lipinski definition) is 6. The summed E-state index contributed by atoms with van der Waals surface area (Å²) in [7, 11) is 0. The van der Waals surface area contributed by atoms with Gasteiger partial charge in [-0.1, -0.05) is 306 Å². The maximum absolute atomic E-state index is 12.9. The molecule has 0 aromatic carbocycles. The van der Waals surface area contributed by atoms with Gasteiger partial charge in [0.1, 0.15) is 13.2 Å². The summed E-state index contributed by atoms with van der Waals surface area (Å²) in [5.41, 5.74) is 0. The van der Waals surface area contributed by atoms with Crippen molar-refractivity contribution >= 4 is 17.9 Å². The van der Waals surface area contributed by atoms with E-state index >= 15 is 0 Å². The van der Waals surface area contributed by atoms with Crippen LogP contribution in [0.2, 0.25) is 0 Å². The van der Waals surface area contributed by atoms with Crippen molar-refractivity contribution < 1.29 is 28.6 Å². The van der Waals surface area contributed by atoms with Crippen molar-refractivity contribution in [1.29, 1.82) is 0 Å². The number of rotatable bonds is 61. The van der Waals surface area contributed by atoms with Gasteiger partial charge in [0.05, 0.1) is 0 Å². The normalized spacial score (nSPS) is 12.4. The Morgan fingerprint density at radius 3 is 0.789 bits per heavy atom. The van der Waals surface area contributed by atoms with Crippen LogP contribution in [0.5, 0.6) is 0 Å². The summed E-state index contributed by atoms with van der Waals surface area (Å²) in [6, 6.07) is 0. The smallest absolute Gasteiger partial charge is 0.306 e. The predicted octanol–water partition coefficient (Wildman–Crippen LogP) is 22.7. The van der Waals surface area contributed by atoms with Crippen LogP contribution in [0.1, 0.15) is 348 Å². The predicted molar refractivity (Wildman–Crippen MR) is 330 cm³/mol. The Hall–Kier alpha value is -2.89. The number of unbranched alkanes of at least 4 members (excludes halogenated alkanes) is 40. The fraction of sp³-hybridized carbons (Fsp3) is 0.814. The summed E-state index contributed by atoms with van der Waals surface area (Å²) in [6.07, 6.45) is 82.4. The Morgan fingerprint density at radius 2 is 0.500 bits per heavy atom. The van der Waals surface area contributed by atoms with E-state index < -0.39 is 6.10 Å². The zero-order valence-corrected chi connectivity index (χ0v) is 50.8. The second-order valence-corrected chi connectivity index (χ2v) is 22.4. The average molecular weight is 1060 g/mol. The van der Waals surface area contributed by atoms with Gasteiger partial charge >= 0.3 is 17.9 Å². The molecule has 0 saturated carbocycles. The van der Waals surface area contributed by atoms with Crippen LogP contribution in [0.4, 0.5) is 0 Å². The molecular formula is C70H126O6. The molecule has 0 fully saturated rings. The van der Waals surface area contributed by atoms with Crippen LogP contribution in [-0.2, 0) is 28.6 Å². The van der Waals surface area contributed by atoms with Gasteiger partial charge in [-0.05, 0) is 83.5 Å². The summed E-state index contributed by atoms with van der Waals surface area (Å²) in [6.45, 7) is 6.60. The van der Waals surface area contributed by atoms with E-state index in [0.29, 0.717) is 19.3 Å². The lowest BCUT2D eigenvalue weighted by Crippen LogP contribution is -2.30. The van der Waals surface area contributed by atoms with Gasteiger partial charge in [-0.25, -0.2) is 0 Å². The van der Waals surface area contributed by atoms with Crippen molar-refractivity contribution in [2.45, 2.75) is 354 Å². The van der Waals surface area contributed by atoms with Crippen LogP contribution in [-0.4, -0.2) is 37.2 Å². The van der Waals surface area contributed by atoms with E-state index in [1.165, 1.54) is 212 Å². The van der Waals surface area contributed by atoms with Gasteiger partial charge in [0.2, 0.25) is 0 Å². The quantitative estimate of drug-likeness (QED) is 0.0261. The van der Waals surface area contributed by atoms with Crippen LogP contribution in [0.15, 0.2) is 60.8 Å². The molecule has 0 saturated heterocycles. The fourth-order valence-corrected chi connectivity index (χ4v) is 9.73. The van der Waals surface area contributed by atoms with E-state index in [4.69, 9.17) is 14.2 Å². The van der Waals surface area contributed by atoms with E-state index in [2.05, 4.69) is 81.5 Å². The fourth-order valence-electron chi connectivity index (χ4n) is 9.73. The van der Waals surface area contributed by atoms with Crippen molar-refractivity contribution in [3.63, 3.8) is 0 Å². The molecule has 442 valence electrons. The molecule has 0 rings (SSSR count). The molecule has 76 heavy (non-hydrogen) atoms. The molecule has 1 unspecified atom stereocenters. The average Bonchev–Trinajstić information content (AvgIpc) is 3.42. The lowest BCUT2D eigenvalue weighted by Gasteiger charge is -2.18. The molecule has 0 aliphatic rings. The highest BCUT2D eigenvalue weighted by Crippen LogP contribution is 2.17. The summed E-state index contributed by atoms with van der Waals surface area (Å²) in [5.74, 6) is -0.871. The van der Waals surface area contributed by atoms with E-state index in [-0.39, 0.29) is 31.1 Å². The topological polar surface area (TPSA) is 78.9 Å². The molecule has 6 nitrogen and oxygen atoms in total. The monoisotopic (exact) mass is 1060 g/mol. The van der Waals surface area contributed by atoms with Gasteiger partial charge in [-0.2, -0.15) is 0 Å². The molecule has 0 aromatic heterocycles. The molecule has 0 spiro atoms. The molecule has 1 atom stereocenters. The van der Waals surface area contributed by atoms with Crippen molar-refractivity contribution in [3.8, 4) is 0 Å². The minimum absolute atomic E-state index is 0.0752. The van der Waals surface area contributed by atoms with E-state index in [0.717, 1.165) is 96.3 Å². The van der Waals surface area contributed by atoms with Gasteiger partial charge in [0.15, 0.2) is 6.10 Å². The molecule has 0 aromatic rings. The molecule has 0 radical (unpaired) electrons. The Morgan fingerprint density at radius 1 is 0.263 bits per heavy atom. The third-order valence-electron chi connectivity index (χ3n) is 14.7. The van der Waals surface area contributed by atoms with Crippen LogP contribution < -0.4 is 0 Å². The zero-order valence-electron chi connectivity index (χ0n) is 50.8. The highest BCUT2D eigenvalue weighted by molar-refractivity contribution is 5.71. The molecule has 6 heteroatoms. The van der Waals surface area contributed by atoms with Gasteiger partial charge in [0.25, 0.3) is 0 Å². The number of allylic oxidation sites excluding steroid dienone is 10. The molecule has 0 N–H and O–H groups in total. The molecular weight excluding hydrogens is 937 g/mol. The van der Waals surface area contributed by atoms with Gasteiger partial charge in [-0.15, -0.1) is 0 Å². The molecule has 0 bridgehead atoms. The molecule has 0 heterocycles. The van der Waals surface area contributed by atoms with Crippen LogP contribution >= 0.6 is 0 Å². The van der Waals surface area contributed by atoms with Gasteiger partial charge in [-0.3, -0.25) is 14.4 Å². The van der Waals surface area contributed by atoms with Crippen molar-refractivity contribution in [3.05, 3.63) is 60.8 Å². The van der Waals surface area contributed by atoms with Crippen LogP contribution in [0, 0.1) is 0 Å². The first-order valence-electron chi connectivity index (χ1n) is 33.3. The number of ether oxygens (including phenoxy) is 3. The zero-order chi connectivity index (χ0) is 55.0. The highest BCUT2D eigenvalue weighted by Gasteiger charge is 2.19. The van der Waals surface area contributed by atoms with Crippen LogP contribution in [0.3, 0.4) is 0 Å². The van der Waals surface area contributed by atoms with E-state index in [1.54, 1.807) is 0 Å². The van der Waals surface area contributed by atoms with E-state index in [1.807, 2.05) is 0 Å². The second kappa shape index (κ2) is 64.6. The number of esters is 3. The third kappa shape index (κ3) is 62.0. The molecule has 0 amide bonds. The van der Waals surface area contributed by atoms with E-state index in [9.17, 15) is 14.4 Å². The number of hydrogen-bond donors (Lipinski definition) is 0. The summed E-state index contributed by atoms with van der Waals surface area (Å²) < 4.78 is 16.9. The Labute approximate surface area is 472 Å². The Kier molecular flexibility index (Phi) is 62.2. The largest absolute Gasteiger partial charge is 0.462 e. The van der Waals surface area contributed by atoms with Gasteiger partial charge in [0, 0.05) is 19.3 Å². The minimum Gasteiger partial charge on any atom is -0.462 e. The Bertz CT molecular complexity index is 1360. The molecule has 0 aliphatic carbocycles. The lowest BCUT2D eigenvalue weighted by molar-refractivity contribution is -0.167. The van der Waals surface area contributed by atoms with Gasteiger partial charge < -0.3 is 14.2 Å². The summed E-state index contributed by atoms with van der Waals surface area (Å²) in [4.78, 5) is 38.3. The number of carbonyl (C=O) groups is 3. The van der Waals surface area contributed by atoms with Crippen molar-refractivity contribution in [2.24, 2.45) is 0 Å². The highest BCUT2D eigenvalue weighted by atomic mass is 16.6. The number of carbonyl (C=O) groups excluding carboxylic acids is 3. The summed E-state index contributed by atoms with van der Waals surface area (Å²) in [5, 5.41) is 0. The van der Waals surface area contributed by atoms with Crippen LogP contribution in [0.25, 0.3) is 0 Å². The second-order valence-electron chi connectivity index (χ2n) is 22.4. The lowest BCUT2D eigenvalue weighted by atomic mass is 10.0. The first-order valence-corrected chi connectivity index (χ1v) is 33.3. The first-order chi connectivity index (χ1) is 37.5. The SMILES string of the molecule is CCC/C=C\C/C=C\CCCCCCCC(=O)OCC(COC(=O)CCCCCCCCCCCCCCCC/C=C\C/C=C\C/C=C\CCCCCCC)OC(=O)CCCCCCCCCCCCCCCCCC.